The van der Waals surface area contributed by atoms with Crippen molar-refractivity contribution >= 4 is 17.5 Å². The van der Waals surface area contributed by atoms with E-state index in [2.05, 4.69) is 5.32 Å². The van der Waals surface area contributed by atoms with E-state index in [0.717, 1.165) is 12.3 Å². The zero-order valence-electron chi connectivity index (χ0n) is 9.58. The van der Waals surface area contributed by atoms with Crippen LogP contribution >= 0.6 is 11.6 Å². The number of nitrogens with one attached hydrogen (secondary N) is 1. The summed E-state index contributed by atoms with van der Waals surface area (Å²) in [6.07, 6.45) is 4.93. The van der Waals surface area contributed by atoms with Crippen LogP contribution in [0.15, 0.2) is 18.2 Å². The van der Waals surface area contributed by atoms with E-state index < -0.39 is 0 Å². The minimum Gasteiger partial charge on any atom is -0.506 e. The Hall–Kier alpha value is -1.22. The van der Waals surface area contributed by atoms with Crippen LogP contribution in [0, 0.1) is 5.92 Å². The summed E-state index contributed by atoms with van der Waals surface area (Å²) in [7, 11) is 0. The quantitative estimate of drug-likeness (QED) is 0.793. The molecule has 3 nitrogen and oxygen atoms in total. The largest absolute Gasteiger partial charge is 0.506 e. The summed E-state index contributed by atoms with van der Waals surface area (Å²) in [5, 5.41) is 12.3. The number of amides is 1. The lowest BCUT2D eigenvalue weighted by molar-refractivity contribution is 0.0953. The maximum absolute atomic E-state index is 11.7. The van der Waals surface area contributed by atoms with Gasteiger partial charge in [0, 0.05) is 12.1 Å². The number of rotatable bonds is 5. The van der Waals surface area contributed by atoms with Gasteiger partial charge < -0.3 is 10.4 Å². The number of benzene rings is 1. The predicted molar refractivity (Wildman–Crippen MR) is 67.4 cm³/mol. The SMILES string of the molecule is O=C(NCCCC1CC1)c1ccc(O)c(Cl)c1. The first-order chi connectivity index (χ1) is 8.16. The van der Waals surface area contributed by atoms with E-state index in [1.807, 2.05) is 0 Å². The minimum absolute atomic E-state index is 0.00282. The Balaban J connectivity index is 1.79. The summed E-state index contributed by atoms with van der Waals surface area (Å²) in [6.45, 7) is 0.702. The van der Waals surface area contributed by atoms with E-state index in [4.69, 9.17) is 11.6 Å². The Bertz CT molecular complexity index is 416. The third-order valence-electron chi connectivity index (χ3n) is 2.98. The summed E-state index contributed by atoms with van der Waals surface area (Å²) in [6, 6.07) is 4.48. The van der Waals surface area contributed by atoms with Gasteiger partial charge in [-0.05, 0) is 37.0 Å². The van der Waals surface area contributed by atoms with Gasteiger partial charge in [-0.15, -0.1) is 0 Å². The molecule has 17 heavy (non-hydrogen) atoms. The van der Waals surface area contributed by atoms with E-state index in [9.17, 15) is 9.90 Å². The number of carbonyl (C=O) groups excluding carboxylic acids is 1. The first-order valence-corrected chi connectivity index (χ1v) is 6.31. The number of hydrogen-bond donors (Lipinski definition) is 2. The number of phenols is 1. The van der Waals surface area contributed by atoms with Crippen LogP contribution in [0.4, 0.5) is 0 Å². The molecule has 1 aromatic carbocycles. The number of phenolic OH excluding ortho intramolecular Hbond substituents is 1. The van der Waals surface area contributed by atoms with Crippen LogP contribution in [0.5, 0.6) is 5.75 Å². The highest BCUT2D eigenvalue weighted by molar-refractivity contribution is 6.32. The van der Waals surface area contributed by atoms with Gasteiger partial charge >= 0.3 is 0 Å². The first kappa shape index (κ1) is 12.2. The Morgan fingerprint density at radius 2 is 2.24 bits per heavy atom. The molecule has 1 aliphatic carbocycles. The molecule has 2 N–H and O–H groups in total. The molecule has 0 bridgehead atoms. The minimum atomic E-state index is -0.136. The predicted octanol–water partition coefficient (Wildman–Crippen LogP) is 2.97. The van der Waals surface area contributed by atoms with Gasteiger partial charge in [0.25, 0.3) is 5.91 Å². The van der Waals surface area contributed by atoms with Crippen molar-refractivity contribution in [2.24, 2.45) is 5.92 Å². The second-order valence-electron chi connectivity index (χ2n) is 4.51. The molecule has 1 amide bonds. The molecule has 0 aliphatic heterocycles. The first-order valence-electron chi connectivity index (χ1n) is 5.93. The van der Waals surface area contributed by atoms with Gasteiger partial charge in [-0.1, -0.05) is 24.4 Å². The summed E-state index contributed by atoms with van der Waals surface area (Å²) >= 11 is 5.74. The van der Waals surface area contributed by atoms with Crippen molar-refractivity contribution in [2.75, 3.05) is 6.54 Å². The van der Waals surface area contributed by atoms with Gasteiger partial charge in [-0.2, -0.15) is 0 Å². The maximum atomic E-state index is 11.7. The molecule has 0 heterocycles. The zero-order valence-corrected chi connectivity index (χ0v) is 10.3. The topological polar surface area (TPSA) is 49.3 Å². The van der Waals surface area contributed by atoms with Crippen LogP contribution in [-0.2, 0) is 0 Å². The number of halogens is 1. The van der Waals surface area contributed by atoms with Crippen LogP contribution in [-0.4, -0.2) is 17.6 Å². The van der Waals surface area contributed by atoms with Crippen molar-refractivity contribution < 1.29 is 9.90 Å². The lowest BCUT2D eigenvalue weighted by Crippen LogP contribution is -2.24. The average molecular weight is 254 g/mol. The Labute approximate surface area is 106 Å². The van der Waals surface area contributed by atoms with Crippen LogP contribution in [0.1, 0.15) is 36.0 Å². The second kappa shape index (κ2) is 5.41. The molecule has 0 saturated heterocycles. The molecule has 0 aromatic heterocycles. The normalized spacial score (nSPS) is 14.6. The maximum Gasteiger partial charge on any atom is 0.251 e. The van der Waals surface area contributed by atoms with E-state index >= 15 is 0 Å². The Morgan fingerprint density at radius 1 is 1.47 bits per heavy atom. The third kappa shape index (κ3) is 3.63. The monoisotopic (exact) mass is 253 g/mol. The van der Waals surface area contributed by atoms with Gasteiger partial charge in [0.1, 0.15) is 5.75 Å². The van der Waals surface area contributed by atoms with E-state index in [1.165, 1.54) is 31.4 Å². The molecule has 0 radical (unpaired) electrons. The Kier molecular flexibility index (Phi) is 3.89. The molecule has 2 rings (SSSR count). The summed E-state index contributed by atoms with van der Waals surface area (Å²) in [5.74, 6) is 0.759. The van der Waals surface area contributed by atoms with E-state index in [1.54, 1.807) is 6.07 Å². The molecule has 1 aromatic rings. The molecule has 4 heteroatoms. The number of aromatic hydroxyl groups is 1. The molecule has 92 valence electrons. The smallest absolute Gasteiger partial charge is 0.251 e. The molecule has 0 unspecified atom stereocenters. The highest BCUT2D eigenvalue weighted by Gasteiger charge is 2.20. The van der Waals surface area contributed by atoms with E-state index in [0.29, 0.717) is 12.1 Å². The fraction of sp³-hybridized carbons (Fsp3) is 0.462. The molecule has 0 atom stereocenters. The highest BCUT2D eigenvalue weighted by atomic mass is 35.5. The molecule has 1 saturated carbocycles. The Morgan fingerprint density at radius 3 is 2.88 bits per heavy atom. The number of carbonyl (C=O) groups is 1. The lowest BCUT2D eigenvalue weighted by atomic mass is 10.2. The van der Waals surface area contributed by atoms with Crippen molar-refractivity contribution in [3.05, 3.63) is 28.8 Å². The molecular weight excluding hydrogens is 238 g/mol. The second-order valence-corrected chi connectivity index (χ2v) is 4.91. The van der Waals surface area contributed by atoms with Crippen LogP contribution < -0.4 is 5.32 Å². The summed E-state index contributed by atoms with van der Waals surface area (Å²) in [5.41, 5.74) is 0.485. The van der Waals surface area contributed by atoms with Gasteiger partial charge in [0.15, 0.2) is 0 Å². The van der Waals surface area contributed by atoms with Crippen LogP contribution in [0.25, 0.3) is 0 Å². The summed E-state index contributed by atoms with van der Waals surface area (Å²) < 4.78 is 0. The average Bonchev–Trinajstić information content (AvgIpc) is 3.12. The van der Waals surface area contributed by atoms with E-state index in [-0.39, 0.29) is 16.7 Å². The van der Waals surface area contributed by atoms with Gasteiger partial charge in [-0.25, -0.2) is 0 Å². The molecular formula is C13H16ClNO2. The third-order valence-corrected chi connectivity index (χ3v) is 3.28. The molecule has 1 aliphatic rings. The van der Waals surface area contributed by atoms with Gasteiger partial charge in [0.05, 0.1) is 5.02 Å². The molecule has 0 spiro atoms. The highest BCUT2D eigenvalue weighted by Crippen LogP contribution is 2.33. The van der Waals surface area contributed by atoms with Crippen molar-refractivity contribution in [1.82, 2.24) is 5.32 Å². The van der Waals surface area contributed by atoms with Crippen molar-refractivity contribution in [3.63, 3.8) is 0 Å². The van der Waals surface area contributed by atoms with Crippen molar-refractivity contribution in [3.8, 4) is 5.75 Å². The van der Waals surface area contributed by atoms with Crippen molar-refractivity contribution in [1.29, 1.82) is 0 Å². The number of hydrogen-bond acceptors (Lipinski definition) is 2. The lowest BCUT2D eigenvalue weighted by Gasteiger charge is -2.05. The van der Waals surface area contributed by atoms with Crippen LogP contribution in [0.2, 0.25) is 5.02 Å². The molecule has 1 fully saturated rings. The van der Waals surface area contributed by atoms with Crippen LogP contribution in [0.3, 0.4) is 0 Å². The zero-order chi connectivity index (χ0) is 12.3. The van der Waals surface area contributed by atoms with Crippen molar-refractivity contribution in [2.45, 2.75) is 25.7 Å². The fourth-order valence-corrected chi connectivity index (χ4v) is 1.93. The standard InChI is InChI=1S/C13H16ClNO2/c14-11-8-10(5-6-12(11)16)13(17)15-7-1-2-9-3-4-9/h5-6,8-9,16H,1-4,7H2,(H,15,17). The van der Waals surface area contributed by atoms with Gasteiger partial charge in [0.2, 0.25) is 0 Å². The fourth-order valence-electron chi connectivity index (χ4n) is 1.75. The van der Waals surface area contributed by atoms with Gasteiger partial charge in [-0.3, -0.25) is 4.79 Å². The summed E-state index contributed by atoms with van der Waals surface area (Å²) in [4.78, 5) is 11.7.